The van der Waals surface area contributed by atoms with Gasteiger partial charge in [0.05, 0.1) is 11.0 Å². The smallest absolute Gasteiger partial charge is 0.0622 e. The summed E-state index contributed by atoms with van der Waals surface area (Å²) in [6, 6.07) is 84.2. The normalized spacial score (nSPS) is 11.3. The standard InChI is InChI=1S/C64H50N2/c1-43-17-11-13-23-56(43)59-41-55(34-27-45(59)3)65(52-35-28-49(29-36-52)47-19-7-5-8-20-47)53-39-32-51(33-40-53)60-42-61-58-25-15-16-26-62(58)66(54-37-30-50(31-38-54)48-21-9-6-10-22-48)64(61)63(46(60)4)57-24-14-12-18-44(57)2/h5-42H,1-4H3. The Kier molecular flexibility index (Phi) is 10.5. The molecule has 0 saturated heterocycles. The van der Waals surface area contributed by atoms with E-state index in [1.54, 1.807) is 0 Å². The highest BCUT2D eigenvalue weighted by atomic mass is 15.1. The molecule has 10 aromatic carbocycles. The largest absolute Gasteiger partial charge is 0.310 e. The first-order valence-corrected chi connectivity index (χ1v) is 22.9. The number of hydrogen-bond donors (Lipinski definition) is 0. The van der Waals surface area contributed by atoms with Gasteiger partial charge in [-0.2, -0.15) is 0 Å². The molecule has 0 saturated carbocycles. The van der Waals surface area contributed by atoms with Gasteiger partial charge in [-0.05, 0) is 161 Å². The Morgan fingerprint density at radius 2 is 0.788 bits per heavy atom. The Hall–Kier alpha value is -8.20. The maximum Gasteiger partial charge on any atom is 0.0622 e. The summed E-state index contributed by atoms with van der Waals surface area (Å²) >= 11 is 0. The Balaban J connectivity index is 1.07. The molecule has 0 N–H and O–H groups in total. The minimum Gasteiger partial charge on any atom is -0.310 e. The molecule has 11 rings (SSSR count). The topological polar surface area (TPSA) is 8.17 Å². The third kappa shape index (κ3) is 7.27. The van der Waals surface area contributed by atoms with E-state index >= 15 is 0 Å². The van der Waals surface area contributed by atoms with Crippen molar-refractivity contribution in [3.8, 4) is 61.3 Å². The number of anilines is 3. The summed E-state index contributed by atoms with van der Waals surface area (Å²) in [4.78, 5) is 2.39. The number of rotatable bonds is 9. The lowest BCUT2D eigenvalue weighted by Crippen LogP contribution is -2.10. The molecule has 66 heavy (non-hydrogen) atoms. The number of para-hydroxylation sites is 1. The summed E-state index contributed by atoms with van der Waals surface area (Å²) in [5.41, 5.74) is 24.1. The summed E-state index contributed by atoms with van der Waals surface area (Å²) in [7, 11) is 0. The molecule has 0 atom stereocenters. The van der Waals surface area contributed by atoms with Crippen molar-refractivity contribution in [1.82, 2.24) is 4.57 Å². The van der Waals surface area contributed by atoms with Crippen molar-refractivity contribution in [1.29, 1.82) is 0 Å². The number of hydrogen-bond acceptors (Lipinski definition) is 1. The van der Waals surface area contributed by atoms with Gasteiger partial charge < -0.3 is 9.47 Å². The fourth-order valence-corrected chi connectivity index (χ4v) is 9.99. The Morgan fingerprint density at radius 3 is 1.39 bits per heavy atom. The lowest BCUT2D eigenvalue weighted by molar-refractivity contribution is 1.18. The molecule has 0 fully saturated rings. The van der Waals surface area contributed by atoms with Crippen LogP contribution in [0.3, 0.4) is 0 Å². The van der Waals surface area contributed by atoms with Crippen LogP contribution in [0.15, 0.2) is 231 Å². The van der Waals surface area contributed by atoms with E-state index < -0.39 is 0 Å². The minimum absolute atomic E-state index is 1.10. The zero-order chi connectivity index (χ0) is 44.7. The van der Waals surface area contributed by atoms with E-state index in [-0.39, 0.29) is 0 Å². The van der Waals surface area contributed by atoms with Gasteiger partial charge in [-0.25, -0.2) is 0 Å². The van der Waals surface area contributed by atoms with Gasteiger partial charge >= 0.3 is 0 Å². The van der Waals surface area contributed by atoms with Crippen molar-refractivity contribution in [2.45, 2.75) is 27.7 Å². The molecule has 0 aliphatic carbocycles. The van der Waals surface area contributed by atoms with Gasteiger partial charge in [-0.15, -0.1) is 0 Å². The van der Waals surface area contributed by atoms with Crippen LogP contribution in [0, 0.1) is 27.7 Å². The molecule has 0 radical (unpaired) electrons. The zero-order valence-electron chi connectivity index (χ0n) is 37.8. The fraction of sp³-hybridized carbons (Fsp3) is 0.0625. The monoisotopic (exact) mass is 846 g/mol. The zero-order valence-corrected chi connectivity index (χ0v) is 37.8. The van der Waals surface area contributed by atoms with Crippen LogP contribution in [0.4, 0.5) is 17.1 Å². The summed E-state index contributed by atoms with van der Waals surface area (Å²) in [6.07, 6.45) is 0. The van der Waals surface area contributed by atoms with Crippen LogP contribution in [0.1, 0.15) is 22.3 Å². The van der Waals surface area contributed by atoms with Gasteiger partial charge in [0.2, 0.25) is 0 Å². The summed E-state index contributed by atoms with van der Waals surface area (Å²) in [5.74, 6) is 0. The Labute approximate surface area is 388 Å². The first-order valence-electron chi connectivity index (χ1n) is 22.9. The first kappa shape index (κ1) is 40.6. The predicted molar refractivity (Wildman–Crippen MR) is 282 cm³/mol. The number of aryl methyl sites for hydroxylation is 3. The fourth-order valence-electron chi connectivity index (χ4n) is 9.99. The Morgan fingerprint density at radius 1 is 0.318 bits per heavy atom. The van der Waals surface area contributed by atoms with Crippen LogP contribution in [0.25, 0.3) is 83.1 Å². The molecule has 11 aromatic rings. The van der Waals surface area contributed by atoms with Gasteiger partial charge in [0.1, 0.15) is 0 Å². The van der Waals surface area contributed by atoms with E-state index in [2.05, 4.69) is 268 Å². The van der Waals surface area contributed by atoms with Crippen molar-refractivity contribution in [2.75, 3.05) is 4.90 Å². The third-order valence-electron chi connectivity index (χ3n) is 13.4. The van der Waals surface area contributed by atoms with E-state index in [4.69, 9.17) is 0 Å². The van der Waals surface area contributed by atoms with E-state index in [0.717, 1.165) is 22.7 Å². The number of benzene rings is 10. The molecule has 316 valence electrons. The van der Waals surface area contributed by atoms with E-state index in [0.29, 0.717) is 0 Å². The molecule has 0 aliphatic rings. The van der Waals surface area contributed by atoms with Crippen LogP contribution in [0.5, 0.6) is 0 Å². The van der Waals surface area contributed by atoms with Crippen LogP contribution in [-0.2, 0) is 0 Å². The van der Waals surface area contributed by atoms with Gasteiger partial charge in [0.25, 0.3) is 0 Å². The molecule has 0 unspecified atom stereocenters. The van der Waals surface area contributed by atoms with Gasteiger partial charge in [0, 0.05) is 39.1 Å². The lowest BCUT2D eigenvalue weighted by Gasteiger charge is -2.27. The highest BCUT2D eigenvalue weighted by Crippen LogP contribution is 2.46. The summed E-state index contributed by atoms with van der Waals surface area (Å²) in [6.45, 7) is 8.96. The first-order chi connectivity index (χ1) is 32.4. The molecule has 1 heterocycles. The maximum absolute atomic E-state index is 2.48. The molecule has 0 bridgehead atoms. The lowest BCUT2D eigenvalue weighted by atomic mass is 9.88. The number of nitrogens with zero attached hydrogens (tertiary/aromatic N) is 2. The van der Waals surface area contributed by atoms with Gasteiger partial charge in [-0.3, -0.25) is 0 Å². The maximum atomic E-state index is 2.48. The van der Waals surface area contributed by atoms with Crippen LogP contribution >= 0.6 is 0 Å². The average Bonchev–Trinajstić information content (AvgIpc) is 3.70. The third-order valence-corrected chi connectivity index (χ3v) is 13.4. The molecule has 2 heteroatoms. The van der Waals surface area contributed by atoms with E-state index in [1.165, 1.54) is 99.7 Å². The summed E-state index contributed by atoms with van der Waals surface area (Å²) in [5, 5.41) is 2.48. The Bertz CT molecular complexity index is 3530. The van der Waals surface area contributed by atoms with Crippen LogP contribution in [0.2, 0.25) is 0 Å². The van der Waals surface area contributed by atoms with Gasteiger partial charge in [-0.1, -0.05) is 170 Å². The molecular weight excluding hydrogens is 797 g/mol. The van der Waals surface area contributed by atoms with E-state index in [9.17, 15) is 0 Å². The molecule has 0 amide bonds. The second kappa shape index (κ2) is 17.1. The van der Waals surface area contributed by atoms with Crippen LogP contribution < -0.4 is 4.90 Å². The highest BCUT2D eigenvalue weighted by Gasteiger charge is 2.23. The van der Waals surface area contributed by atoms with Crippen molar-refractivity contribution in [2.24, 2.45) is 0 Å². The van der Waals surface area contributed by atoms with E-state index in [1.807, 2.05) is 0 Å². The number of aromatic nitrogens is 1. The molecule has 0 aliphatic heterocycles. The van der Waals surface area contributed by atoms with Gasteiger partial charge in [0.15, 0.2) is 0 Å². The SMILES string of the molecule is Cc1ccccc1-c1cc(N(c2ccc(-c3ccccc3)cc2)c2ccc(-c3cc4c5ccccc5n(-c5ccc(-c6ccccc6)cc5)c4c(-c4ccccc4C)c3C)cc2)ccc1C. The summed E-state index contributed by atoms with van der Waals surface area (Å²) < 4.78 is 2.48. The minimum atomic E-state index is 1.10. The van der Waals surface area contributed by atoms with Crippen molar-refractivity contribution in [3.05, 3.63) is 253 Å². The highest BCUT2D eigenvalue weighted by molar-refractivity contribution is 6.16. The number of fused-ring (bicyclic) bond motifs is 3. The quantitative estimate of drug-likeness (QED) is 0.140. The molecule has 1 aromatic heterocycles. The molecule has 0 spiro atoms. The van der Waals surface area contributed by atoms with Crippen LogP contribution in [-0.4, -0.2) is 4.57 Å². The van der Waals surface area contributed by atoms with Crippen molar-refractivity contribution in [3.63, 3.8) is 0 Å². The second-order valence-corrected chi connectivity index (χ2v) is 17.5. The molecule has 2 nitrogen and oxygen atoms in total. The predicted octanol–water partition coefficient (Wildman–Crippen LogP) is 17.8. The van der Waals surface area contributed by atoms with Crippen molar-refractivity contribution >= 4 is 38.9 Å². The van der Waals surface area contributed by atoms with Crippen molar-refractivity contribution < 1.29 is 0 Å². The average molecular weight is 847 g/mol. The molecular formula is C64H50N2. The second-order valence-electron chi connectivity index (χ2n) is 17.5.